The fraction of sp³-hybridized carbons (Fsp3) is 0.379. The third kappa shape index (κ3) is 6.17. The first-order chi connectivity index (χ1) is 15.9. The lowest BCUT2D eigenvalue weighted by atomic mass is 9.76. The van der Waals surface area contributed by atoms with Crippen molar-refractivity contribution in [2.75, 3.05) is 40.3 Å². The Bertz CT molecular complexity index is 980. The van der Waals surface area contributed by atoms with Crippen LogP contribution >= 0.6 is 11.6 Å². The summed E-state index contributed by atoms with van der Waals surface area (Å²) in [6, 6.07) is 25.7. The van der Waals surface area contributed by atoms with Crippen LogP contribution in [0.25, 0.3) is 0 Å². The molecule has 1 unspecified atom stereocenters. The van der Waals surface area contributed by atoms with Crippen molar-refractivity contribution in [3.05, 3.63) is 100 Å². The lowest BCUT2D eigenvalue weighted by Gasteiger charge is -2.41. The number of ether oxygens (including phenoxy) is 1. The van der Waals surface area contributed by atoms with Gasteiger partial charge in [-0.05, 0) is 81.5 Å². The Morgan fingerprint density at radius 1 is 0.788 bits per heavy atom. The second-order valence-electron chi connectivity index (χ2n) is 8.82. The highest BCUT2D eigenvalue weighted by molar-refractivity contribution is 6.30. The molecule has 0 spiro atoms. The van der Waals surface area contributed by atoms with E-state index in [0.29, 0.717) is 6.61 Å². The second-order valence-corrected chi connectivity index (χ2v) is 9.26. The average Bonchev–Trinajstić information content (AvgIpc) is 2.82. The lowest BCUT2D eigenvalue weighted by Crippen LogP contribution is -2.44. The van der Waals surface area contributed by atoms with E-state index in [1.165, 1.54) is 22.3 Å². The predicted molar refractivity (Wildman–Crippen MR) is 141 cm³/mol. The molecule has 3 rings (SSSR count). The number of halogens is 1. The summed E-state index contributed by atoms with van der Waals surface area (Å²) in [7, 11) is 4.31. The van der Waals surface area contributed by atoms with Crippen LogP contribution in [0.5, 0.6) is 5.75 Å². The fourth-order valence-corrected chi connectivity index (χ4v) is 4.56. The van der Waals surface area contributed by atoms with Gasteiger partial charge in [-0.25, -0.2) is 0 Å². The molecule has 3 aromatic rings. The maximum Gasteiger partial charge on any atom is 0.119 e. The molecule has 0 bridgehead atoms. The number of nitrogens with zero attached hydrogens (tertiary/aromatic N) is 2. The van der Waals surface area contributed by atoms with Gasteiger partial charge in [0, 0.05) is 11.6 Å². The minimum atomic E-state index is -0.318. The van der Waals surface area contributed by atoms with E-state index in [0.717, 1.165) is 36.8 Å². The van der Waals surface area contributed by atoms with Crippen LogP contribution in [0.15, 0.2) is 72.8 Å². The highest BCUT2D eigenvalue weighted by Gasteiger charge is 2.37. The third-order valence-corrected chi connectivity index (χ3v) is 6.82. The van der Waals surface area contributed by atoms with E-state index in [1.807, 2.05) is 12.1 Å². The van der Waals surface area contributed by atoms with Crippen LogP contribution in [-0.2, 0) is 12.0 Å². The molecule has 4 heteroatoms. The summed E-state index contributed by atoms with van der Waals surface area (Å²) in [4.78, 5) is 4.69. The largest absolute Gasteiger partial charge is 0.492 e. The van der Waals surface area contributed by atoms with Crippen molar-refractivity contribution in [1.29, 1.82) is 0 Å². The summed E-state index contributed by atoms with van der Waals surface area (Å²) in [5, 5.41) is 0.760. The molecular weight excluding hydrogens is 428 g/mol. The van der Waals surface area contributed by atoms with E-state index in [-0.39, 0.29) is 5.54 Å². The first-order valence-electron chi connectivity index (χ1n) is 11.8. The van der Waals surface area contributed by atoms with Crippen LogP contribution in [0.2, 0.25) is 5.02 Å². The molecular formula is C29H37ClN2O. The number of aryl methyl sites for hydroxylation is 1. The molecule has 3 aromatic carbocycles. The Balaban J connectivity index is 1.94. The average molecular weight is 465 g/mol. The van der Waals surface area contributed by atoms with Gasteiger partial charge in [0.05, 0.1) is 5.54 Å². The molecule has 3 nitrogen and oxygen atoms in total. The Labute approximate surface area is 204 Å². The van der Waals surface area contributed by atoms with Gasteiger partial charge in [0.25, 0.3) is 0 Å². The normalized spacial score (nSPS) is 13.3. The molecule has 0 N–H and O–H groups in total. The van der Waals surface area contributed by atoms with E-state index in [9.17, 15) is 0 Å². The van der Waals surface area contributed by atoms with Gasteiger partial charge in [0.2, 0.25) is 0 Å². The molecule has 0 aliphatic carbocycles. The number of hydrogen-bond acceptors (Lipinski definition) is 3. The van der Waals surface area contributed by atoms with Gasteiger partial charge in [-0.2, -0.15) is 0 Å². The minimum absolute atomic E-state index is 0.318. The Hall–Kier alpha value is -2.33. The molecule has 0 saturated heterocycles. The molecule has 0 fully saturated rings. The van der Waals surface area contributed by atoms with E-state index < -0.39 is 0 Å². The summed E-state index contributed by atoms with van der Waals surface area (Å²) in [5.74, 6) is 0.911. The van der Waals surface area contributed by atoms with E-state index in [4.69, 9.17) is 16.3 Å². The van der Waals surface area contributed by atoms with Gasteiger partial charge in [0.1, 0.15) is 12.4 Å². The maximum absolute atomic E-state index is 6.17. The number of likely N-dealkylation sites (N-methyl/N-ethyl adjacent to an activating group) is 2. The quantitative estimate of drug-likeness (QED) is 0.325. The molecule has 0 radical (unpaired) electrons. The smallest absolute Gasteiger partial charge is 0.119 e. The van der Waals surface area contributed by atoms with Crippen LogP contribution in [0.1, 0.15) is 36.1 Å². The second kappa shape index (κ2) is 11.7. The van der Waals surface area contributed by atoms with Gasteiger partial charge >= 0.3 is 0 Å². The molecule has 33 heavy (non-hydrogen) atoms. The number of benzene rings is 3. The molecule has 0 saturated carbocycles. The van der Waals surface area contributed by atoms with Crippen molar-refractivity contribution in [1.82, 2.24) is 9.80 Å². The van der Waals surface area contributed by atoms with Crippen molar-refractivity contribution in [3.63, 3.8) is 0 Å². The van der Waals surface area contributed by atoms with Crippen molar-refractivity contribution in [2.45, 2.75) is 32.7 Å². The first kappa shape index (κ1) is 25.3. The third-order valence-electron chi connectivity index (χ3n) is 6.57. The van der Waals surface area contributed by atoms with Crippen LogP contribution in [0, 0.1) is 6.92 Å². The van der Waals surface area contributed by atoms with E-state index >= 15 is 0 Å². The van der Waals surface area contributed by atoms with Gasteiger partial charge in [-0.15, -0.1) is 0 Å². The maximum atomic E-state index is 6.17. The van der Waals surface area contributed by atoms with Crippen molar-refractivity contribution >= 4 is 11.6 Å². The Kier molecular flexibility index (Phi) is 8.96. The van der Waals surface area contributed by atoms with Gasteiger partial charge < -0.3 is 9.64 Å². The first-order valence-corrected chi connectivity index (χ1v) is 12.2. The summed E-state index contributed by atoms with van der Waals surface area (Å²) in [6.45, 7) is 10.2. The highest BCUT2D eigenvalue weighted by Crippen LogP contribution is 2.39. The van der Waals surface area contributed by atoms with Crippen molar-refractivity contribution in [2.24, 2.45) is 0 Å². The molecule has 0 aliphatic rings. The zero-order chi connectivity index (χ0) is 23.8. The Morgan fingerprint density at radius 2 is 1.33 bits per heavy atom. The van der Waals surface area contributed by atoms with Gasteiger partial charge in [0.15, 0.2) is 0 Å². The van der Waals surface area contributed by atoms with Gasteiger partial charge in [-0.3, -0.25) is 4.90 Å². The van der Waals surface area contributed by atoms with E-state index in [1.54, 1.807) is 0 Å². The zero-order valence-electron chi connectivity index (χ0n) is 20.6. The molecule has 0 amide bonds. The van der Waals surface area contributed by atoms with Crippen LogP contribution in [-0.4, -0.2) is 50.1 Å². The summed E-state index contributed by atoms with van der Waals surface area (Å²) in [5.41, 5.74) is 4.69. The topological polar surface area (TPSA) is 15.7 Å². The SMILES string of the molecule is CCN(CC)CCOc1ccc(C(Cc2ccc(Cl)cc2)(c2ccc(C)cc2)N(C)C)cc1. The predicted octanol–water partition coefficient (Wildman–Crippen LogP) is 6.42. The van der Waals surface area contributed by atoms with Crippen LogP contribution in [0.3, 0.4) is 0 Å². The monoisotopic (exact) mass is 464 g/mol. The Morgan fingerprint density at radius 3 is 1.85 bits per heavy atom. The zero-order valence-corrected chi connectivity index (χ0v) is 21.4. The highest BCUT2D eigenvalue weighted by atomic mass is 35.5. The van der Waals surface area contributed by atoms with Crippen molar-refractivity contribution in [3.8, 4) is 5.75 Å². The van der Waals surface area contributed by atoms with Crippen molar-refractivity contribution < 1.29 is 4.74 Å². The van der Waals surface area contributed by atoms with Gasteiger partial charge in [-0.1, -0.05) is 79.5 Å². The molecule has 1 atom stereocenters. The molecule has 0 aromatic heterocycles. The van der Waals surface area contributed by atoms with Crippen LogP contribution in [0.4, 0.5) is 0 Å². The summed E-state index contributed by atoms with van der Waals surface area (Å²) >= 11 is 6.17. The number of hydrogen-bond donors (Lipinski definition) is 0. The van der Waals surface area contributed by atoms with E-state index in [2.05, 4.69) is 105 Å². The lowest BCUT2D eigenvalue weighted by molar-refractivity contribution is 0.197. The standard InChI is InChI=1S/C29H37ClN2O/c1-6-32(7-2)20-21-33-28-18-14-26(15-19-28)29(31(4)5,25-12-8-23(3)9-13-25)22-24-10-16-27(30)17-11-24/h8-19H,6-7,20-22H2,1-5H3. The summed E-state index contributed by atoms with van der Waals surface area (Å²) < 4.78 is 6.05. The minimum Gasteiger partial charge on any atom is -0.492 e. The molecule has 0 heterocycles. The molecule has 176 valence electrons. The summed E-state index contributed by atoms with van der Waals surface area (Å²) in [6.07, 6.45) is 0.836. The fourth-order valence-electron chi connectivity index (χ4n) is 4.43. The van der Waals surface area contributed by atoms with Crippen LogP contribution < -0.4 is 4.74 Å². The number of rotatable bonds is 11. The molecule has 0 aliphatic heterocycles.